The van der Waals surface area contributed by atoms with Crippen molar-refractivity contribution < 1.29 is 80.0 Å². The first-order valence-electron chi connectivity index (χ1n) is 16.6. The molecular weight excluding hydrogens is 710 g/mol. The van der Waals surface area contributed by atoms with Crippen molar-refractivity contribution >= 4 is 31.5 Å². The number of ether oxygens (including phenoxy) is 12. The third-order valence-corrected chi connectivity index (χ3v) is 7.97. The van der Waals surface area contributed by atoms with Crippen molar-refractivity contribution in [3.8, 4) is 0 Å². The molecule has 18 nitrogen and oxygen atoms in total. The van der Waals surface area contributed by atoms with Crippen LogP contribution in [0.3, 0.4) is 0 Å². The topological polar surface area (TPSA) is 211 Å². The molecule has 0 radical (unpaired) electrons. The van der Waals surface area contributed by atoms with Crippen LogP contribution in [0.4, 0.5) is 0 Å². The molecule has 0 aliphatic carbocycles. The van der Waals surface area contributed by atoms with Crippen molar-refractivity contribution in [3.05, 3.63) is 0 Å². The van der Waals surface area contributed by atoms with E-state index in [0.29, 0.717) is 169 Å². The molecule has 20 heteroatoms. The van der Waals surface area contributed by atoms with Gasteiger partial charge in [-0.2, -0.15) is 0 Å². The van der Waals surface area contributed by atoms with Gasteiger partial charge in [0.1, 0.15) is 0 Å². The molecule has 0 aromatic rings. The van der Waals surface area contributed by atoms with Crippen molar-refractivity contribution in [2.24, 2.45) is 0 Å². The summed E-state index contributed by atoms with van der Waals surface area (Å²) >= 11 is 0. The molecular formula is C30H59NO17S2. The quantitative estimate of drug-likeness (QED) is 0.0590. The number of carbonyl (C=O) groups is 2. The van der Waals surface area contributed by atoms with E-state index >= 15 is 0 Å². The van der Waals surface area contributed by atoms with Crippen LogP contribution in [0.15, 0.2) is 0 Å². The zero-order chi connectivity index (χ0) is 36.6. The summed E-state index contributed by atoms with van der Waals surface area (Å²) in [6.07, 6.45) is 1.05. The van der Waals surface area contributed by atoms with Crippen molar-refractivity contribution in [2.75, 3.05) is 177 Å². The van der Waals surface area contributed by atoms with Gasteiger partial charge in [0, 0.05) is 12.8 Å². The molecule has 0 fully saturated rings. The Morgan fingerprint density at radius 3 is 0.940 bits per heavy atom. The van der Waals surface area contributed by atoms with E-state index in [0.717, 1.165) is 6.26 Å². The second-order valence-corrected chi connectivity index (χ2v) is 14.3. The first-order valence-corrected chi connectivity index (χ1v) is 20.0. The van der Waals surface area contributed by atoms with E-state index in [1.54, 1.807) is 0 Å². The molecule has 0 saturated carbocycles. The summed E-state index contributed by atoms with van der Waals surface area (Å²) < 4.78 is 86.6. The molecule has 2 N–H and O–H groups in total. The van der Waals surface area contributed by atoms with E-state index in [-0.39, 0.29) is 24.7 Å². The van der Waals surface area contributed by atoms with Gasteiger partial charge in [-0.25, -0.2) is 8.42 Å². The SMILES string of the molecule is CS(=O)(=O)SCC(=O)NCCOCCOCCOCCOCCOCCOCCOCCOCCOCCOCCOCCOCCC(=O)O. The summed E-state index contributed by atoms with van der Waals surface area (Å²) in [6, 6.07) is 0. The molecule has 0 spiro atoms. The fourth-order valence-corrected chi connectivity index (χ4v) is 4.54. The lowest BCUT2D eigenvalue weighted by molar-refractivity contribution is -0.138. The molecule has 0 atom stereocenters. The molecule has 50 heavy (non-hydrogen) atoms. The second kappa shape index (κ2) is 39.0. The van der Waals surface area contributed by atoms with E-state index in [1.165, 1.54) is 0 Å². The Hall–Kier alpha value is -1.24. The molecule has 0 aliphatic heterocycles. The lowest BCUT2D eigenvalue weighted by Crippen LogP contribution is -2.29. The van der Waals surface area contributed by atoms with E-state index in [9.17, 15) is 18.0 Å². The Kier molecular flexibility index (Phi) is 38.0. The lowest BCUT2D eigenvalue weighted by atomic mass is 10.5. The average molecular weight is 770 g/mol. The zero-order valence-electron chi connectivity index (χ0n) is 29.4. The molecule has 0 heterocycles. The highest BCUT2D eigenvalue weighted by atomic mass is 33.1. The van der Waals surface area contributed by atoms with E-state index < -0.39 is 14.8 Å². The summed E-state index contributed by atoms with van der Waals surface area (Å²) in [4.78, 5) is 21.8. The van der Waals surface area contributed by atoms with E-state index in [2.05, 4.69) is 5.32 Å². The van der Waals surface area contributed by atoms with Gasteiger partial charge in [-0.15, -0.1) is 0 Å². The van der Waals surface area contributed by atoms with E-state index in [1.807, 2.05) is 0 Å². The number of carbonyl (C=O) groups excluding carboxylic acids is 1. The maximum Gasteiger partial charge on any atom is 0.305 e. The van der Waals surface area contributed by atoms with Crippen LogP contribution >= 0.6 is 10.8 Å². The maximum absolute atomic E-state index is 11.5. The standard InChI is InChI=1S/C30H59NO17S2/c1-50(35,36)49-28-29(32)31-3-5-38-7-9-40-11-13-42-15-17-44-19-21-46-23-25-48-27-26-47-24-22-45-20-18-43-16-14-41-12-10-39-8-6-37-4-2-30(33)34/h2-28H2,1H3,(H,31,32)(H,33,34). The molecule has 0 aromatic carbocycles. The van der Waals surface area contributed by atoms with Gasteiger partial charge < -0.3 is 67.3 Å². The van der Waals surface area contributed by atoms with Crippen LogP contribution in [0, 0.1) is 0 Å². The summed E-state index contributed by atoms with van der Waals surface area (Å²) in [5, 5.41) is 11.1. The van der Waals surface area contributed by atoms with Gasteiger partial charge in [0.05, 0.1) is 171 Å². The molecule has 0 aromatic heterocycles. The molecule has 0 bridgehead atoms. The molecule has 0 saturated heterocycles. The molecule has 1 amide bonds. The molecule has 0 aliphatic rings. The number of carboxylic acid groups (broad SMARTS) is 1. The lowest BCUT2D eigenvalue weighted by Gasteiger charge is -2.09. The first kappa shape index (κ1) is 48.8. The predicted octanol–water partition coefficient (Wildman–Crippen LogP) is -0.531. The number of hydrogen-bond donors (Lipinski definition) is 2. The maximum atomic E-state index is 11.5. The smallest absolute Gasteiger partial charge is 0.305 e. The Morgan fingerprint density at radius 2 is 0.700 bits per heavy atom. The highest BCUT2D eigenvalue weighted by Crippen LogP contribution is 2.07. The number of aliphatic carboxylic acids is 1. The summed E-state index contributed by atoms with van der Waals surface area (Å²) in [5.41, 5.74) is 0. The third kappa shape index (κ3) is 44.8. The van der Waals surface area contributed by atoms with Crippen LogP contribution in [0.1, 0.15) is 6.42 Å². The van der Waals surface area contributed by atoms with Crippen LogP contribution in [-0.2, 0) is 75.3 Å². The normalized spacial score (nSPS) is 11.7. The number of nitrogens with one attached hydrogen (secondary N) is 1. The predicted molar refractivity (Wildman–Crippen MR) is 182 cm³/mol. The van der Waals surface area contributed by atoms with Crippen LogP contribution in [0.2, 0.25) is 0 Å². The fourth-order valence-electron chi connectivity index (χ4n) is 3.15. The minimum atomic E-state index is -3.23. The van der Waals surface area contributed by atoms with Crippen molar-refractivity contribution in [2.45, 2.75) is 6.42 Å². The second-order valence-electron chi connectivity index (χ2n) is 9.81. The van der Waals surface area contributed by atoms with Gasteiger partial charge in [-0.3, -0.25) is 9.59 Å². The van der Waals surface area contributed by atoms with Crippen LogP contribution in [0.25, 0.3) is 0 Å². The Labute approximate surface area is 300 Å². The largest absolute Gasteiger partial charge is 0.481 e. The van der Waals surface area contributed by atoms with Crippen LogP contribution in [-0.4, -0.2) is 203 Å². The summed E-state index contributed by atoms with van der Waals surface area (Å²) in [5.74, 6) is -1.37. The van der Waals surface area contributed by atoms with Gasteiger partial charge in [0.2, 0.25) is 5.91 Å². The van der Waals surface area contributed by atoms with Crippen molar-refractivity contribution in [1.29, 1.82) is 0 Å². The minimum absolute atomic E-state index is 0.0104. The molecule has 298 valence electrons. The fraction of sp³-hybridized carbons (Fsp3) is 0.933. The van der Waals surface area contributed by atoms with Crippen molar-refractivity contribution in [1.82, 2.24) is 5.32 Å². The first-order chi connectivity index (χ1) is 24.3. The number of rotatable bonds is 42. The molecule has 0 unspecified atom stereocenters. The van der Waals surface area contributed by atoms with Crippen LogP contribution in [0.5, 0.6) is 0 Å². The number of amides is 1. The average Bonchev–Trinajstić information content (AvgIpc) is 3.08. The number of carboxylic acids is 1. The van der Waals surface area contributed by atoms with Gasteiger partial charge >= 0.3 is 5.97 Å². The highest BCUT2D eigenvalue weighted by molar-refractivity contribution is 8.72. The minimum Gasteiger partial charge on any atom is -0.481 e. The zero-order valence-corrected chi connectivity index (χ0v) is 31.0. The molecule has 0 rings (SSSR count). The third-order valence-electron chi connectivity index (χ3n) is 5.53. The van der Waals surface area contributed by atoms with E-state index in [4.69, 9.17) is 61.9 Å². The number of hydrogen-bond acceptors (Lipinski definition) is 17. The van der Waals surface area contributed by atoms with Gasteiger partial charge in [0.15, 0.2) is 8.87 Å². The monoisotopic (exact) mass is 769 g/mol. The van der Waals surface area contributed by atoms with Crippen LogP contribution < -0.4 is 5.32 Å². The summed E-state index contributed by atoms with van der Waals surface area (Å²) in [7, 11) is -2.63. The highest BCUT2D eigenvalue weighted by Gasteiger charge is 2.07. The Balaban J connectivity index is 3.11. The van der Waals surface area contributed by atoms with Gasteiger partial charge in [-0.1, -0.05) is 0 Å². The Bertz CT molecular complexity index is 857. The van der Waals surface area contributed by atoms with Crippen molar-refractivity contribution in [3.63, 3.8) is 0 Å². The summed E-state index contributed by atoms with van der Waals surface area (Å²) in [6.45, 7) is 10.6. The Morgan fingerprint density at radius 1 is 0.460 bits per heavy atom. The van der Waals surface area contributed by atoms with Gasteiger partial charge in [0.25, 0.3) is 0 Å². The van der Waals surface area contributed by atoms with Gasteiger partial charge in [-0.05, 0) is 10.8 Å².